The zero-order valence-electron chi connectivity index (χ0n) is 17.5. The number of aromatic nitrogens is 4. The van der Waals surface area contributed by atoms with Crippen molar-refractivity contribution in [2.24, 2.45) is 0 Å². The standard InChI is InChI=1S/C24H24N6O/c1-17-16-18(2)30(29-17)23-13-12-22(27-28-23)25-14-15-26-24(31)21-10-8-20(9-11-21)19-6-4-3-5-7-19/h3-13,16H,14-15H2,1-2H3,(H,25,27)(H,26,31). The van der Waals surface area contributed by atoms with Gasteiger partial charge in [-0.05, 0) is 55.3 Å². The van der Waals surface area contributed by atoms with Crippen molar-refractivity contribution in [1.29, 1.82) is 0 Å². The Balaban J connectivity index is 1.26. The van der Waals surface area contributed by atoms with Crippen molar-refractivity contribution in [1.82, 2.24) is 25.3 Å². The van der Waals surface area contributed by atoms with Gasteiger partial charge < -0.3 is 10.6 Å². The molecule has 0 atom stereocenters. The number of hydrogen-bond donors (Lipinski definition) is 2. The average molecular weight is 412 g/mol. The second kappa shape index (κ2) is 9.21. The van der Waals surface area contributed by atoms with Gasteiger partial charge in [0, 0.05) is 24.3 Å². The number of amides is 1. The van der Waals surface area contributed by atoms with Crippen molar-refractivity contribution in [2.45, 2.75) is 13.8 Å². The fourth-order valence-electron chi connectivity index (χ4n) is 3.31. The van der Waals surface area contributed by atoms with Gasteiger partial charge in [0.05, 0.1) is 5.69 Å². The number of rotatable bonds is 7. The molecule has 0 aliphatic rings. The van der Waals surface area contributed by atoms with Crippen LogP contribution in [-0.4, -0.2) is 39.0 Å². The molecule has 0 spiro atoms. The number of hydrogen-bond acceptors (Lipinski definition) is 5. The molecule has 0 unspecified atom stereocenters. The van der Waals surface area contributed by atoms with Gasteiger partial charge in [-0.1, -0.05) is 42.5 Å². The van der Waals surface area contributed by atoms with Crippen LogP contribution in [0.3, 0.4) is 0 Å². The van der Waals surface area contributed by atoms with Gasteiger partial charge in [-0.25, -0.2) is 4.68 Å². The number of anilines is 1. The van der Waals surface area contributed by atoms with Crippen molar-refractivity contribution < 1.29 is 4.79 Å². The van der Waals surface area contributed by atoms with E-state index in [9.17, 15) is 4.79 Å². The molecule has 156 valence electrons. The molecule has 31 heavy (non-hydrogen) atoms. The maximum Gasteiger partial charge on any atom is 0.251 e. The van der Waals surface area contributed by atoms with Crippen LogP contribution in [0.1, 0.15) is 21.7 Å². The lowest BCUT2D eigenvalue weighted by Crippen LogP contribution is -2.28. The molecule has 0 aliphatic carbocycles. The summed E-state index contributed by atoms with van der Waals surface area (Å²) in [5, 5.41) is 18.9. The number of nitrogens with one attached hydrogen (secondary N) is 2. The van der Waals surface area contributed by atoms with Gasteiger partial charge in [-0.15, -0.1) is 10.2 Å². The normalized spacial score (nSPS) is 10.6. The Morgan fingerprint density at radius 1 is 0.871 bits per heavy atom. The Labute approximate surface area is 181 Å². The van der Waals surface area contributed by atoms with Gasteiger partial charge in [0.25, 0.3) is 5.91 Å². The van der Waals surface area contributed by atoms with Gasteiger partial charge in [-0.3, -0.25) is 4.79 Å². The quantitative estimate of drug-likeness (QED) is 0.451. The van der Waals surface area contributed by atoms with Crippen LogP contribution in [0.5, 0.6) is 0 Å². The molecule has 7 heteroatoms. The van der Waals surface area contributed by atoms with Crippen molar-refractivity contribution in [3.05, 3.63) is 89.7 Å². The van der Waals surface area contributed by atoms with E-state index in [1.54, 1.807) is 4.68 Å². The molecule has 0 saturated carbocycles. The van der Waals surface area contributed by atoms with Crippen LogP contribution in [0.15, 0.2) is 72.8 Å². The second-order valence-corrected chi connectivity index (χ2v) is 7.24. The van der Waals surface area contributed by atoms with Crippen LogP contribution < -0.4 is 10.6 Å². The summed E-state index contributed by atoms with van der Waals surface area (Å²) in [5.74, 6) is 1.21. The van der Waals surface area contributed by atoms with E-state index in [1.165, 1.54) is 0 Å². The van der Waals surface area contributed by atoms with Crippen LogP contribution in [0.4, 0.5) is 5.82 Å². The molecule has 2 aromatic heterocycles. The van der Waals surface area contributed by atoms with Crippen LogP contribution in [0.2, 0.25) is 0 Å². The Morgan fingerprint density at radius 2 is 1.61 bits per heavy atom. The summed E-state index contributed by atoms with van der Waals surface area (Å²) < 4.78 is 1.76. The molecule has 7 nitrogen and oxygen atoms in total. The third-order valence-corrected chi connectivity index (χ3v) is 4.85. The van der Waals surface area contributed by atoms with Crippen molar-refractivity contribution in [2.75, 3.05) is 18.4 Å². The molecule has 0 radical (unpaired) electrons. The summed E-state index contributed by atoms with van der Waals surface area (Å²) in [6.07, 6.45) is 0. The highest BCUT2D eigenvalue weighted by Gasteiger charge is 2.07. The minimum atomic E-state index is -0.104. The highest BCUT2D eigenvalue weighted by molar-refractivity contribution is 5.94. The summed E-state index contributed by atoms with van der Waals surface area (Å²) in [7, 11) is 0. The Morgan fingerprint density at radius 3 is 2.26 bits per heavy atom. The van der Waals surface area contributed by atoms with E-state index in [-0.39, 0.29) is 5.91 Å². The lowest BCUT2D eigenvalue weighted by Gasteiger charge is -2.09. The summed E-state index contributed by atoms with van der Waals surface area (Å²) in [6, 6.07) is 23.4. The van der Waals surface area contributed by atoms with Gasteiger partial charge in [-0.2, -0.15) is 5.10 Å². The van der Waals surface area contributed by atoms with Crippen molar-refractivity contribution in [3.8, 4) is 16.9 Å². The van der Waals surface area contributed by atoms with Crippen LogP contribution in [0.25, 0.3) is 16.9 Å². The predicted octanol–water partition coefficient (Wildman–Crippen LogP) is 3.79. The molecule has 4 rings (SSSR count). The van der Waals surface area contributed by atoms with Gasteiger partial charge in [0.2, 0.25) is 0 Å². The first-order valence-corrected chi connectivity index (χ1v) is 10.1. The topological polar surface area (TPSA) is 84.7 Å². The third-order valence-electron chi connectivity index (χ3n) is 4.85. The van der Waals surface area contributed by atoms with E-state index in [0.29, 0.717) is 30.3 Å². The number of carbonyl (C=O) groups is 1. The first-order valence-electron chi connectivity index (χ1n) is 10.1. The molecule has 0 fully saturated rings. The second-order valence-electron chi connectivity index (χ2n) is 7.24. The number of carbonyl (C=O) groups excluding carboxylic acids is 1. The van der Waals surface area contributed by atoms with Crippen LogP contribution in [-0.2, 0) is 0 Å². The monoisotopic (exact) mass is 412 g/mol. The minimum absolute atomic E-state index is 0.104. The maximum atomic E-state index is 12.4. The van der Waals surface area contributed by atoms with Crippen molar-refractivity contribution >= 4 is 11.7 Å². The third kappa shape index (κ3) is 4.95. The molecule has 2 heterocycles. The molecule has 0 aliphatic heterocycles. The summed E-state index contributed by atoms with van der Waals surface area (Å²) in [5.41, 5.74) is 4.79. The Kier molecular flexibility index (Phi) is 6.03. The van der Waals surface area contributed by atoms with E-state index >= 15 is 0 Å². The lowest BCUT2D eigenvalue weighted by atomic mass is 10.0. The predicted molar refractivity (Wildman–Crippen MR) is 121 cm³/mol. The molecular formula is C24H24N6O. The maximum absolute atomic E-state index is 12.4. The Hall–Kier alpha value is -4.00. The molecule has 2 N–H and O–H groups in total. The minimum Gasteiger partial charge on any atom is -0.367 e. The molecule has 2 aromatic carbocycles. The molecule has 0 saturated heterocycles. The SMILES string of the molecule is Cc1cc(C)n(-c2ccc(NCCNC(=O)c3ccc(-c4ccccc4)cc3)nn2)n1. The summed E-state index contributed by atoms with van der Waals surface area (Å²) in [4.78, 5) is 12.4. The first-order chi connectivity index (χ1) is 15.1. The summed E-state index contributed by atoms with van der Waals surface area (Å²) >= 11 is 0. The number of nitrogens with zero attached hydrogens (tertiary/aromatic N) is 4. The summed E-state index contributed by atoms with van der Waals surface area (Å²) in [6.45, 7) is 4.94. The van der Waals surface area contributed by atoms with Crippen LogP contribution >= 0.6 is 0 Å². The number of benzene rings is 2. The first kappa shape index (κ1) is 20.3. The van der Waals surface area contributed by atoms with E-state index < -0.39 is 0 Å². The van der Waals surface area contributed by atoms with Gasteiger partial charge >= 0.3 is 0 Å². The van der Waals surface area contributed by atoms with Gasteiger partial charge in [0.1, 0.15) is 5.82 Å². The van der Waals surface area contributed by atoms with Gasteiger partial charge in [0.15, 0.2) is 5.82 Å². The molecule has 0 bridgehead atoms. The average Bonchev–Trinajstić information content (AvgIpc) is 3.15. The molecule has 1 amide bonds. The fraction of sp³-hybridized carbons (Fsp3) is 0.167. The van der Waals surface area contributed by atoms with E-state index in [1.807, 2.05) is 86.6 Å². The van der Waals surface area contributed by atoms with E-state index in [4.69, 9.17) is 0 Å². The zero-order valence-corrected chi connectivity index (χ0v) is 17.5. The van der Waals surface area contributed by atoms with E-state index in [0.717, 1.165) is 22.5 Å². The van der Waals surface area contributed by atoms with Crippen molar-refractivity contribution in [3.63, 3.8) is 0 Å². The fourth-order valence-corrected chi connectivity index (χ4v) is 3.31. The smallest absolute Gasteiger partial charge is 0.251 e. The molecular weight excluding hydrogens is 388 g/mol. The molecule has 4 aromatic rings. The lowest BCUT2D eigenvalue weighted by molar-refractivity contribution is 0.0955. The largest absolute Gasteiger partial charge is 0.367 e. The number of aryl methyl sites for hydroxylation is 2. The van der Waals surface area contributed by atoms with E-state index in [2.05, 4.69) is 25.9 Å². The Bertz CT molecular complexity index is 1150. The highest BCUT2D eigenvalue weighted by atomic mass is 16.1. The highest BCUT2D eigenvalue weighted by Crippen LogP contribution is 2.19. The van der Waals surface area contributed by atoms with Crippen LogP contribution in [0, 0.1) is 13.8 Å². The zero-order chi connectivity index (χ0) is 21.6.